The van der Waals surface area contributed by atoms with Gasteiger partial charge < -0.3 is 14.9 Å². The van der Waals surface area contributed by atoms with Crippen LogP contribution < -0.4 is 0 Å². The molecule has 0 aromatic carbocycles. The van der Waals surface area contributed by atoms with Crippen LogP contribution in [0.25, 0.3) is 0 Å². The lowest BCUT2D eigenvalue weighted by Gasteiger charge is -2.34. The average Bonchev–Trinajstić information content (AvgIpc) is 2.19. The monoisotopic (exact) mass is 202 g/mol. The molecule has 3 atom stereocenters. The molecule has 0 spiro atoms. The fourth-order valence-electron chi connectivity index (χ4n) is 2.06. The number of ether oxygens (including phenoxy) is 1. The Balaban J connectivity index is 2.40. The second-order valence-corrected chi connectivity index (χ2v) is 4.56. The van der Waals surface area contributed by atoms with Gasteiger partial charge in [0.25, 0.3) is 0 Å². The summed E-state index contributed by atoms with van der Waals surface area (Å²) < 4.78 is 5.67. The molecule has 0 aliphatic heterocycles. The summed E-state index contributed by atoms with van der Waals surface area (Å²) in [6.07, 6.45) is 3.33. The van der Waals surface area contributed by atoms with Crippen molar-refractivity contribution in [3.05, 3.63) is 0 Å². The van der Waals surface area contributed by atoms with E-state index in [-0.39, 0.29) is 19.3 Å². The van der Waals surface area contributed by atoms with Crippen molar-refractivity contribution in [2.24, 2.45) is 11.8 Å². The highest BCUT2D eigenvalue weighted by molar-refractivity contribution is 4.77. The molecule has 1 rings (SSSR count). The van der Waals surface area contributed by atoms with E-state index in [0.29, 0.717) is 11.8 Å². The van der Waals surface area contributed by atoms with Crippen molar-refractivity contribution in [3.8, 4) is 0 Å². The summed E-state index contributed by atoms with van der Waals surface area (Å²) in [4.78, 5) is 0. The van der Waals surface area contributed by atoms with Gasteiger partial charge >= 0.3 is 0 Å². The van der Waals surface area contributed by atoms with Crippen LogP contribution in [0.15, 0.2) is 0 Å². The van der Waals surface area contributed by atoms with Crippen LogP contribution in [0.5, 0.6) is 0 Å². The molecule has 1 fully saturated rings. The molecular weight excluding hydrogens is 180 g/mol. The lowest BCUT2D eigenvalue weighted by atomic mass is 9.81. The van der Waals surface area contributed by atoms with Crippen LogP contribution in [0, 0.1) is 11.8 Å². The smallest absolute Gasteiger partial charge is 0.104 e. The zero-order valence-corrected chi connectivity index (χ0v) is 9.15. The van der Waals surface area contributed by atoms with E-state index in [1.165, 1.54) is 12.8 Å². The third-order valence-corrected chi connectivity index (χ3v) is 3.16. The van der Waals surface area contributed by atoms with Crippen molar-refractivity contribution in [2.75, 3.05) is 13.2 Å². The first-order valence-electron chi connectivity index (χ1n) is 5.54. The molecule has 2 N–H and O–H groups in total. The molecule has 3 nitrogen and oxygen atoms in total. The van der Waals surface area contributed by atoms with Crippen molar-refractivity contribution in [1.82, 2.24) is 0 Å². The maximum absolute atomic E-state index is 8.92. The molecule has 0 saturated heterocycles. The van der Waals surface area contributed by atoms with Gasteiger partial charge in [-0.1, -0.05) is 20.3 Å². The zero-order valence-electron chi connectivity index (χ0n) is 9.15. The predicted octanol–water partition coefficient (Wildman–Crippen LogP) is 1.18. The minimum atomic E-state index is -0.396. The van der Waals surface area contributed by atoms with Crippen LogP contribution in [0.4, 0.5) is 0 Å². The first-order chi connectivity index (χ1) is 6.67. The summed E-state index contributed by atoms with van der Waals surface area (Å²) in [6, 6.07) is 0. The molecule has 0 bridgehead atoms. The summed E-state index contributed by atoms with van der Waals surface area (Å²) in [5, 5.41) is 17.8. The molecule has 0 heterocycles. The van der Waals surface area contributed by atoms with Crippen molar-refractivity contribution in [3.63, 3.8) is 0 Å². The second kappa shape index (κ2) is 5.69. The van der Waals surface area contributed by atoms with Crippen molar-refractivity contribution < 1.29 is 14.9 Å². The number of hydrogen-bond acceptors (Lipinski definition) is 3. The summed E-state index contributed by atoms with van der Waals surface area (Å²) in [7, 11) is 0. The highest BCUT2D eigenvalue weighted by Crippen LogP contribution is 2.31. The first-order valence-corrected chi connectivity index (χ1v) is 5.54. The van der Waals surface area contributed by atoms with E-state index in [2.05, 4.69) is 13.8 Å². The predicted molar refractivity (Wildman–Crippen MR) is 55.0 cm³/mol. The highest BCUT2D eigenvalue weighted by atomic mass is 16.5. The molecule has 1 aliphatic carbocycles. The Kier molecular flexibility index (Phi) is 4.85. The molecule has 1 aliphatic rings. The van der Waals surface area contributed by atoms with E-state index in [9.17, 15) is 0 Å². The van der Waals surface area contributed by atoms with Crippen molar-refractivity contribution in [1.29, 1.82) is 0 Å². The van der Waals surface area contributed by atoms with Crippen LogP contribution in [0.3, 0.4) is 0 Å². The highest BCUT2D eigenvalue weighted by Gasteiger charge is 2.27. The van der Waals surface area contributed by atoms with E-state index in [1.54, 1.807) is 0 Å². The maximum atomic E-state index is 8.92. The summed E-state index contributed by atoms with van der Waals surface area (Å²) in [5.41, 5.74) is 0. The minimum absolute atomic E-state index is 0.0892. The quantitative estimate of drug-likeness (QED) is 0.719. The van der Waals surface area contributed by atoms with Crippen molar-refractivity contribution in [2.45, 2.75) is 45.3 Å². The molecular formula is C11H22O3. The zero-order chi connectivity index (χ0) is 10.6. The van der Waals surface area contributed by atoms with Gasteiger partial charge in [-0.15, -0.1) is 0 Å². The summed E-state index contributed by atoms with van der Waals surface area (Å²) in [5.74, 6) is 1.25. The molecule has 84 valence electrons. The second-order valence-electron chi connectivity index (χ2n) is 4.56. The van der Waals surface area contributed by atoms with Gasteiger partial charge in [0.2, 0.25) is 0 Å². The van der Waals surface area contributed by atoms with Gasteiger partial charge in [0.1, 0.15) is 6.10 Å². The van der Waals surface area contributed by atoms with E-state index in [1.807, 2.05) is 0 Å². The van der Waals surface area contributed by atoms with Gasteiger partial charge in [0.15, 0.2) is 0 Å². The van der Waals surface area contributed by atoms with E-state index in [4.69, 9.17) is 14.9 Å². The van der Waals surface area contributed by atoms with Crippen LogP contribution in [-0.2, 0) is 4.74 Å². The van der Waals surface area contributed by atoms with E-state index >= 15 is 0 Å². The summed E-state index contributed by atoms with van der Waals surface area (Å²) in [6.45, 7) is 4.24. The van der Waals surface area contributed by atoms with Gasteiger partial charge in [-0.3, -0.25) is 0 Å². The largest absolute Gasteiger partial charge is 0.394 e. The lowest BCUT2D eigenvalue weighted by molar-refractivity contribution is -0.0989. The van der Waals surface area contributed by atoms with Gasteiger partial charge in [0.05, 0.1) is 19.3 Å². The Bertz CT molecular complexity index is 157. The Hall–Kier alpha value is -0.120. The van der Waals surface area contributed by atoms with Gasteiger partial charge in [-0.25, -0.2) is 0 Å². The number of aliphatic hydroxyl groups excluding tert-OH is 2. The normalized spacial score (nSPS) is 33.6. The van der Waals surface area contributed by atoms with E-state index in [0.717, 1.165) is 6.42 Å². The van der Waals surface area contributed by atoms with Crippen LogP contribution in [0.1, 0.15) is 33.1 Å². The van der Waals surface area contributed by atoms with Crippen LogP contribution in [0.2, 0.25) is 0 Å². The van der Waals surface area contributed by atoms with Gasteiger partial charge in [0, 0.05) is 0 Å². The summed E-state index contributed by atoms with van der Waals surface area (Å²) >= 11 is 0. The third-order valence-electron chi connectivity index (χ3n) is 3.16. The lowest BCUT2D eigenvalue weighted by Crippen LogP contribution is -2.35. The SMILES string of the molecule is CC1CCC(C)C(OC(CO)CO)C1. The molecule has 0 aromatic heterocycles. The van der Waals surface area contributed by atoms with Gasteiger partial charge in [-0.05, 0) is 24.7 Å². The Morgan fingerprint density at radius 1 is 1.21 bits per heavy atom. The van der Waals surface area contributed by atoms with Crippen LogP contribution in [-0.4, -0.2) is 35.6 Å². The number of aliphatic hydroxyl groups is 2. The fourth-order valence-corrected chi connectivity index (χ4v) is 2.06. The molecule has 3 heteroatoms. The topological polar surface area (TPSA) is 49.7 Å². The minimum Gasteiger partial charge on any atom is -0.394 e. The molecule has 14 heavy (non-hydrogen) atoms. The fraction of sp³-hybridized carbons (Fsp3) is 1.00. The Labute approximate surface area is 86.1 Å². The average molecular weight is 202 g/mol. The standard InChI is InChI=1S/C11H22O3/c1-8-3-4-9(2)11(5-8)14-10(6-12)7-13/h8-13H,3-7H2,1-2H3. The number of rotatable bonds is 4. The molecule has 3 unspecified atom stereocenters. The maximum Gasteiger partial charge on any atom is 0.104 e. The molecule has 1 saturated carbocycles. The Morgan fingerprint density at radius 3 is 2.43 bits per heavy atom. The number of hydrogen-bond donors (Lipinski definition) is 2. The van der Waals surface area contributed by atoms with E-state index < -0.39 is 6.10 Å². The van der Waals surface area contributed by atoms with Gasteiger partial charge in [-0.2, -0.15) is 0 Å². The third kappa shape index (κ3) is 3.23. The Morgan fingerprint density at radius 2 is 1.86 bits per heavy atom. The van der Waals surface area contributed by atoms with Crippen LogP contribution >= 0.6 is 0 Å². The molecule has 0 aromatic rings. The van der Waals surface area contributed by atoms with Crippen molar-refractivity contribution >= 4 is 0 Å². The molecule has 0 radical (unpaired) electrons. The first kappa shape index (κ1) is 12.0. The molecule has 0 amide bonds.